The van der Waals surface area contributed by atoms with E-state index in [2.05, 4.69) is 47.4 Å². The second-order valence-corrected chi connectivity index (χ2v) is 9.33. The van der Waals surface area contributed by atoms with Crippen LogP contribution in [-0.2, 0) is 25.7 Å². The fourth-order valence-electron chi connectivity index (χ4n) is 5.08. The maximum atomic E-state index is 13.1. The van der Waals surface area contributed by atoms with Crippen LogP contribution in [0.1, 0.15) is 37.7 Å². The van der Waals surface area contributed by atoms with Crippen molar-refractivity contribution < 1.29 is 24.2 Å². The Balaban J connectivity index is 1.38. The van der Waals surface area contributed by atoms with Crippen LogP contribution in [0.5, 0.6) is 0 Å². The van der Waals surface area contributed by atoms with E-state index in [1.165, 1.54) is 11.1 Å². The Kier molecular flexibility index (Phi) is 9.23. The third-order valence-corrected chi connectivity index (χ3v) is 6.92. The molecular formula is C29H35NO5. The zero-order chi connectivity index (χ0) is 24.5. The van der Waals surface area contributed by atoms with Gasteiger partial charge in [-0.1, -0.05) is 66.7 Å². The number of nitrogens with zero attached hydrogens (tertiary/aromatic N) is 1. The molecule has 2 aromatic rings. The number of morpholine rings is 1. The molecule has 1 heterocycles. The molecule has 0 bridgehead atoms. The summed E-state index contributed by atoms with van der Waals surface area (Å²) in [6, 6.07) is 18.6. The Morgan fingerprint density at radius 1 is 1.03 bits per heavy atom. The molecule has 1 saturated heterocycles. The first kappa shape index (κ1) is 25.3. The third kappa shape index (κ3) is 7.10. The van der Waals surface area contributed by atoms with Gasteiger partial charge in [0, 0.05) is 31.8 Å². The van der Waals surface area contributed by atoms with Crippen molar-refractivity contribution in [3.05, 3.63) is 72.3 Å². The number of carbonyl (C=O) groups excluding carboxylic acids is 1. The first-order valence-electron chi connectivity index (χ1n) is 12.6. The second-order valence-electron chi connectivity index (χ2n) is 9.33. The maximum absolute atomic E-state index is 13.1. The number of carbonyl (C=O) groups is 2. The van der Waals surface area contributed by atoms with E-state index in [0.29, 0.717) is 32.7 Å². The van der Waals surface area contributed by atoms with Gasteiger partial charge in [0.25, 0.3) is 0 Å². The number of aliphatic carboxylic acids is 1. The van der Waals surface area contributed by atoms with Gasteiger partial charge in [-0.15, -0.1) is 0 Å². The number of allylic oxidation sites excluding steroid dienone is 2. The van der Waals surface area contributed by atoms with Crippen LogP contribution in [0, 0.1) is 5.92 Å². The number of hydrogen-bond acceptors (Lipinski definition) is 5. The van der Waals surface area contributed by atoms with Crippen molar-refractivity contribution in [2.24, 2.45) is 5.92 Å². The lowest BCUT2D eigenvalue weighted by Gasteiger charge is -2.35. The molecule has 35 heavy (non-hydrogen) atoms. The molecule has 6 nitrogen and oxygen atoms in total. The van der Waals surface area contributed by atoms with Gasteiger partial charge in [-0.2, -0.15) is 0 Å². The van der Waals surface area contributed by atoms with Gasteiger partial charge in [0.1, 0.15) is 0 Å². The van der Waals surface area contributed by atoms with Crippen LogP contribution < -0.4 is 0 Å². The summed E-state index contributed by atoms with van der Waals surface area (Å²) in [5.41, 5.74) is 3.45. The van der Waals surface area contributed by atoms with Crippen LogP contribution in [-0.4, -0.2) is 60.2 Å². The zero-order valence-corrected chi connectivity index (χ0v) is 20.2. The van der Waals surface area contributed by atoms with E-state index in [9.17, 15) is 9.59 Å². The van der Waals surface area contributed by atoms with Crippen molar-refractivity contribution >= 4 is 11.8 Å². The summed E-state index contributed by atoms with van der Waals surface area (Å²) in [4.78, 5) is 26.0. The summed E-state index contributed by atoms with van der Waals surface area (Å²) in [7, 11) is 0. The molecule has 2 aromatic carbocycles. The number of ether oxygens (including phenoxy) is 2. The molecule has 0 spiro atoms. The zero-order valence-electron chi connectivity index (χ0n) is 20.2. The van der Waals surface area contributed by atoms with E-state index in [4.69, 9.17) is 14.6 Å². The number of carboxylic acids is 1. The van der Waals surface area contributed by atoms with Crippen LogP contribution in [0.3, 0.4) is 0 Å². The number of benzene rings is 2. The summed E-state index contributed by atoms with van der Waals surface area (Å²) in [6.45, 7) is 3.31. The van der Waals surface area contributed by atoms with Crippen LogP contribution in [0.2, 0.25) is 0 Å². The van der Waals surface area contributed by atoms with Crippen LogP contribution >= 0.6 is 0 Å². The third-order valence-electron chi connectivity index (χ3n) is 6.92. The Hall–Kier alpha value is -2.80. The van der Waals surface area contributed by atoms with E-state index in [1.54, 1.807) is 0 Å². The predicted molar refractivity (Wildman–Crippen MR) is 135 cm³/mol. The van der Waals surface area contributed by atoms with Crippen molar-refractivity contribution in [1.82, 2.24) is 4.90 Å². The highest BCUT2D eigenvalue weighted by Crippen LogP contribution is 2.34. The molecule has 1 N–H and O–H groups in total. The van der Waals surface area contributed by atoms with Crippen LogP contribution in [0.15, 0.2) is 66.7 Å². The minimum Gasteiger partial charge on any atom is -0.481 e. The van der Waals surface area contributed by atoms with Crippen molar-refractivity contribution in [1.29, 1.82) is 0 Å². The molecule has 2 unspecified atom stereocenters. The maximum Gasteiger partial charge on any atom is 0.303 e. The van der Waals surface area contributed by atoms with Gasteiger partial charge in [-0.25, -0.2) is 0 Å². The molecule has 0 amide bonds. The first-order chi connectivity index (χ1) is 17.1. The summed E-state index contributed by atoms with van der Waals surface area (Å²) in [5.74, 6) is -0.432. The van der Waals surface area contributed by atoms with E-state index in [-0.39, 0.29) is 30.3 Å². The molecule has 2 fully saturated rings. The second kappa shape index (κ2) is 12.8. The summed E-state index contributed by atoms with van der Waals surface area (Å²) in [6.07, 6.45) is 6.73. The normalized spacial score (nSPS) is 23.2. The molecule has 1 aliphatic heterocycles. The smallest absolute Gasteiger partial charge is 0.303 e. The average Bonchev–Trinajstić information content (AvgIpc) is 3.20. The molecule has 3 atom stereocenters. The number of hydrogen-bond donors (Lipinski definition) is 1. The number of carboxylic acid groups (broad SMARTS) is 1. The number of Topliss-reactive ketones (excluding diaryl/α,β-unsaturated/α-hetero) is 1. The highest BCUT2D eigenvalue weighted by Gasteiger charge is 2.45. The largest absolute Gasteiger partial charge is 0.481 e. The van der Waals surface area contributed by atoms with E-state index < -0.39 is 5.97 Å². The van der Waals surface area contributed by atoms with Crippen LogP contribution in [0.25, 0.3) is 11.1 Å². The lowest BCUT2D eigenvalue weighted by Crippen LogP contribution is -2.49. The van der Waals surface area contributed by atoms with E-state index in [1.807, 2.05) is 24.3 Å². The highest BCUT2D eigenvalue weighted by atomic mass is 16.5. The fraction of sp³-hybridized carbons (Fsp3) is 0.448. The standard InChI is InChI=1S/C29H35NO5/c31-26-20-27(35-21-22-12-14-24(15-13-22)23-8-4-3-5-9-23)25(10-6-1-2-7-11-28(32)33)29(26)30-16-18-34-19-17-30/h1,3-6,8-9,12-15,25,27,29H,2,7,10-11,16-21H2,(H,32,33)/t25-,27?,29?/m1/s1. The molecule has 0 radical (unpaired) electrons. The number of ketones is 1. The summed E-state index contributed by atoms with van der Waals surface area (Å²) >= 11 is 0. The van der Waals surface area contributed by atoms with Gasteiger partial charge in [0.05, 0.1) is 32.0 Å². The predicted octanol–water partition coefficient (Wildman–Crippen LogP) is 4.73. The van der Waals surface area contributed by atoms with Gasteiger partial charge < -0.3 is 14.6 Å². The minimum absolute atomic E-state index is 0.0833. The van der Waals surface area contributed by atoms with Gasteiger partial charge in [0.15, 0.2) is 5.78 Å². The lowest BCUT2D eigenvalue weighted by molar-refractivity contribution is -0.137. The molecule has 4 rings (SSSR count). The fourth-order valence-corrected chi connectivity index (χ4v) is 5.08. The van der Waals surface area contributed by atoms with Gasteiger partial charge in [0.2, 0.25) is 0 Å². The van der Waals surface area contributed by atoms with Crippen molar-refractivity contribution in [3.63, 3.8) is 0 Å². The van der Waals surface area contributed by atoms with Gasteiger partial charge >= 0.3 is 5.97 Å². The molecule has 0 aromatic heterocycles. The number of rotatable bonds is 11. The molecular weight excluding hydrogens is 442 g/mol. The Morgan fingerprint density at radius 2 is 1.74 bits per heavy atom. The topological polar surface area (TPSA) is 76.1 Å². The molecule has 6 heteroatoms. The Morgan fingerprint density at radius 3 is 2.46 bits per heavy atom. The quantitative estimate of drug-likeness (QED) is 0.373. The van der Waals surface area contributed by atoms with Gasteiger partial charge in [-0.3, -0.25) is 14.5 Å². The van der Waals surface area contributed by atoms with E-state index >= 15 is 0 Å². The molecule has 186 valence electrons. The van der Waals surface area contributed by atoms with E-state index in [0.717, 1.165) is 31.5 Å². The molecule has 1 saturated carbocycles. The monoisotopic (exact) mass is 477 g/mol. The first-order valence-corrected chi connectivity index (χ1v) is 12.6. The lowest BCUT2D eigenvalue weighted by atomic mass is 9.95. The van der Waals surface area contributed by atoms with Crippen molar-refractivity contribution in [2.75, 3.05) is 26.3 Å². The van der Waals surface area contributed by atoms with Crippen molar-refractivity contribution in [2.45, 2.75) is 50.9 Å². The van der Waals surface area contributed by atoms with Crippen LogP contribution in [0.4, 0.5) is 0 Å². The Bertz CT molecular complexity index is 982. The summed E-state index contributed by atoms with van der Waals surface area (Å²) < 4.78 is 11.9. The SMILES string of the molecule is O=C(O)CCCC=CC[C@@H]1C(OCc2ccc(-c3ccccc3)cc2)CC(=O)C1N1CCOCC1. The minimum atomic E-state index is -0.766. The Labute approximate surface area is 207 Å². The molecule has 2 aliphatic rings. The summed E-state index contributed by atoms with van der Waals surface area (Å²) in [5, 5.41) is 8.82. The van der Waals surface area contributed by atoms with Gasteiger partial charge in [-0.05, 0) is 36.0 Å². The average molecular weight is 478 g/mol. The highest BCUT2D eigenvalue weighted by molar-refractivity contribution is 5.87. The number of unbranched alkanes of at least 4 members (excludes halogenated alkanes) is 1. The molecule has 1 aliphatic carbocycles. The van der Waals surface area contributed by atoms with Crippen molar-refractivity contribution in [3.8, 4) is 11.1 Å².